The van der Waals surface area contributed by atoms with E-state index in [2.05, 4.69) is 0 Å². The number of amides is 3. The van der Waals surface area contributed by atoms with Crippen LogP contribution in [0.15, 0.2) is 72.8 Å². The molecule has 2 aromatic carbocycles. The number of benzene rings is 2. The second-order valence-electron chi connectivity index (χ2n) is 11.0. The highest BCUT2D eigenvalue weighted by Crippen LogP contribution is 2.61. The summed E-state index contributed by atoms with van der Waals surface area (Å²) in [5, 5.41) is 9.94. The van der Waals surface area contributed by atoms with Crippen LogP contribution in [0.1, 0.15) is 18.1 Å². The molecule has 202 valence electrons. The van der Waals surface area contributed by atoms with Crippen LogP contribution in [0.5, 0.6) is 0 Å². The third-order valence-corrected chi connectivity index (χ3v) is 10.3. The van der Waals surface area contributed by atoms with Gasteiger partial charge in [-0.2, -0.15) is 0 Å². The molecule has 1 unspecified atom stereocenters. The minimum absolute atomic E-state index is 0.104. The fourth-order valence-electron chi connectivity index (χ4n) is 6.70. The summed E-state index contributed by atoms with van der Waals surface area (Å²) in [6, 6.07) is 14.1. The Morgan fingerprint density at radius 1 is 0.974 bits per heavy atom. The van der Waals surface area contributed by atoms with Crippen molar-refractivity contribution in [1.29, 1.82) is 0 Å². The zero-order valence-corrected chi connectivity index (χ0v) is 23.2. The van der Waals surface area contributed by atoms with Crippen LogP contribution in [0, 0.1) is 25.7 Å². The first kappa shape index (κ1) is 25.9. The van der Waals surface area contributed by atoms with Gasteiger partial charge in [0.1, 0.15) is 6.04 Å². The van der Waals surface area contributed by atoms with Crippen molar-refractivity contribution in [2.45, 2.75) is 42.9 Å². The molecule has 4 aliphatic rings. The number of thioether (sulfide) groups is 1. The second-order valence-corrected chi connectivity index (χ2v) is 12.5. The molecule has 4 heterocycles. The lowest BCUT2D eigenvalue weighted by Crippen LogP contribution is -2.56. The van der Waals surface area contributed by atoms with Crippen molar-refractivity contribution >= 4 is 40.9 Å². The number of hydrogen-bond acceptors (Lipinski definition) is 5. The number of aliphatic hydroxyl groups excluding tert-OH is 1. The largest absolute Gasteiger partial charge is 0.394 e. The van der Waals surface area contributed by atoms with Crippen LogP contribution in [0.4, 0.5) is 11.4 Å². The first-order valence-corrected chi connectivity index (χ1v) is 14.4. The number of nitrogens with zero attached hydrogens (tertiary/aromatic N) is 3. The molecule has 0 aromatic heterocycles. The predicted molar refractivity (Wildman–Crippen MR) is 154 cm³/mol. The zero-order valence-electron chi connectivity index (χ0n) is 22.4. The number of likely N-dealkylation sites (tertiary alicyclic amines) is 1. The monoisotopic (exact) mass is 543 g/mol. The molecule has 1 N–H and O–H groups in total. The van der Waals surface area contributed by atoms with Crippen LogP contribution in [0.3, 0.4) is 0 Å². The summed E-state index contributed by atoms with van der Waals surface area (Å²) in [5.41, 5.74) is 3.62. The van der Waals surface area contributed by atoms with E-state index in [0.717, 1.165) is 22.5 Å². The van der Waals surface area contributed by atoms with Crippen molar-refractivity contribution in [3.63, 3.8) is 0 Å². The minimum Gasteiger partial charge on any atom is -0.394 e. The van der Waals surface area contributed by atoms with E-state index >= 15 is 0 Å². The molecule has 2 aromatic rings. The molecular weight excluding hydrogens is 510 g/mol. The number of aryl methyl sites for hydroxylation is 2. The normalized spacial score (nSPS) is 30.7. The van der Waals surface area contributed by atoms with Gasteiger partial charge in [0.2, 0.25) is 11.8 Å². The van der Waals surface area contributed by atoms with Gasteiger partial charge in [-0.15, -0.1) is 11.8 Å². The molecule has 0 bridgehead atoms. The van der Waals surface area contributed by atoms with Crippen LogP contribution in [0.25, 0.3) is 0 Å². The summed E-state index contributed by atoms with van der Waals surface area (Å²) >= 11 is 1.56. The number of aliphatic hydroxyl groups is 1. The fourth-order valence-corrected chi connectivity index (χ4v) is 8.70. The Morgan fingerprint density at radius 3 is 2.46 bits per heavy atom. The molecule has 6 atom stereocenters. The molecule has 8 heteroatoms. The van der Waals surface area contributed by atoms with Crippen molar-refractivity contribution in [3.05, 3.63) is 84.0 Å². The Hall–Kier alpha value is -3.36. The van der Waals surface area contributed by atoms with E-state index in [1.807, 2.05) is 86.7 Å². The van der Waals surface area contributed by atoms with Gasteiger partial charge in [-0.05, 0) is 50.1 Å². The van der Waals surface area contributed by atoms with E-state index < -0.39 is 28.7 Å². The Labute approximate surface area is 233 Å². The lowest BCUT2D eigenvalue weighted by atomic mass is 9.78. The van der Waals surface area contributed by atoms with Crippen molar-refractivity contribution in [2.75, 3.05) is 29.5 Å². The maximum absolute atomic E-state index is 14.5. The average molecular weight is 544 g/mol. The van der Waals surface area contributed by atoms with E-state index in [9.17, 15) is 19.5 Å². The lowest BCUT2D eigenvalue weighted by molar-refractivity contribution is -0.141. The highest BCUT2D eigenvalue weighted by atomic mass is 32.2. The molecular formula is C31H33N3O4S. The highest BCUT2D eigenvalue weighted by Gasteiger charge is 2.71. The van der Waals surface area contributed by atoms with Crippen LogP contribution in [0.2, 0.25) is 0 Å². The van der Waals surface area contributed by atoms with Gasteiger partial charge in [0, 0.05) is 29.7 Å². The molecule has 39 heavy (non-hydrogen) atoms. The Bertz CT molecular complexity index is 1390. The van der Waals surface area contributed by atoms with E-state index in [-0.39, 0.29) is 29.6 Å². The molecule has 1 spiro atoms. The summed E-state index contributed by atoms with van der Waals surface area (Å²) < 4.78 is -0.918. The van der Waals surface area contributed by atoms with Gasteiger partial charge in [-0.25, -0.2) is 0 Å². The van der Waals surface area contributed by atoms with Gasteiger partial charge < -0.3 is 19.8 Å². The SMILES string of the molecule is Cc1ccc(C)c(N2CC=C[C@]34S[C@@H]5C=CCN(c6ccccc6)C(=O)[C@@H]5[C@H]3C(=O)N([C@H](C)CO)C4C2=O)c1. The zero-order chi connectivity index (χ0) is 27.5. The van der Waals surface area contributed by atoms with Crippen molar-refractivity contribution in [2.24, 2.45) is 11.8 Å². The number of carbonyl (C=O) groups excluding carboxylic acids is 3. The molecule has 0 radical (unpaired) electrons. The van der Waals surface area contributed by atoms with E-state index in [1.54, 1.807) is 33.4 Å². The topological polar surface area (TPSA) is 81.2 Å². The number of rotatable bonds is 4. The van der Waals surface area contributed by atoms with E-state index in [4.69, 9.17) is 0 Å². The van der Waals surface area contributed by atoms with Crippen LogP contribution >= 0.6 is 11.8 Å². The van der Waals surface area contributed by atoms with Gasteiger partial charge in [0.25, 0.3) is 5.91 Å². The first-order valence-electron chi connectivity index (χ1n) is 13.5. The number of anilines is 2. The quantitative estimate of drug-likeness (QED) is 0.598. The van der Waals surface area contributed by atoms with Crippen LogP contribution in [-0.2, 0) is 14.4 Å². The molecule has 2 fully saturated rings. The summed E-state index contributed by atoms with van der Waals surface area (Å²) in [7, 11) is 0. The van der Waals surface area contributed by atoms with Crippen molar-refractivity contribution in [3.8, 4) is 0 Å². The second kappa shape index (κ2) is 9.68. The minimum atomic E-state index is -0.918. The molecule has 0 aliphatic carbocycles. The van der Waals surface area contributed by atoms with E-state index in [1.165, 1.54) is 0 Å². The fraction of sp³-hybridized carbons (Fsp3) is 0.387. The maximum atomic E-state index is 14.5. The molecule has 0 saturated carbocycles. The Balaban J connectivity index is 1.47. The summed E-state index contributed by atoms with van der Waals surface area (Å²) in [5.74, 6) is -1.85. The van der Waals surface area contributed by atoms with Crippen molar-refractivity contribution < 1.29 is 19.5 Å². The van der Waals surface area contributed by atoms with Crippen molar-refractivity contribution in [1.82, 2.24) is 4.90 Å². The van der Waals surface area contributed by atoms with Gasteiger partial charge in [0.05, 0.1) is 29.2 Å². The smallest absolute Gasteiger partial charge is 0.251 e. The lowest BCUT2D eigenvalue weighted by Gasteiger charge is -2.37. The van der Waals surface area contributed by atoms with Gasteiger partial charge in [-0.3, -0.25) is 14.4 Å². The number of hydrogen-bond donors (Lipinski definition) is 1. The van der Waals surface area contributed by atoms with Gasteiger partial charge >= 0.3 is 0 Å². The third-order valence-electron chi connectivity index (χ3n) is 8.56. The standard InChI is InChI=1S/C31H33N3O4S/c1-19-12-13-20(2)23(17-19)33-16-8-14-31-26(29(37)34(21(3)18-35)27(31)30(33)38)25-24(39-31)11-7-15-32(28(25)36)22-9-5-4-6-10-22/h4-14,17,21,24-27,35H,15-16,18H2,1-3H3/t21-,24-,25+,26+,27?,31+/m1/s1. The van der Waals surface area contributed by atoms with Crippen LogP contribution < -0.4 is 9.80 Å². The number of carbonyl (C=O) groups is 3. The summed E-state index contributed by atoms with van der Waals surface area (Å²) in [6.45, 7) is 6.28. The molecule has 2 saturated heterocycles. The molecule has 6 rings (SSSR count). The molecule has 4 aliphatic heterocycles. The Morgan fingerprint density at radius 2 is 1.72 bits per heavy atom. The number of para-hydroxylation sites is 1. The predicted octanol–water partition coefficient (Wildman–Crippen LogP) is 3.49. The van der Waals surface area contributed by atoms with Gasteiger partial charge in [-0.1, -0.05) is 54.6 Å². The summed E-state index contributed by atoms with van der Waals surface area (Å²) in [6.07, 6.45) is 8.03. The maximum Gasteiger partial charge on any atom is 0.251 e. The third kappa shape index (κ3) is 3.87. The number of fused-ring (bicyclic) bond motifs is 2. The van der Waals surface area contributed by atoms with Crippen LogP contribution in [-0.4, -0.2) is 69.5 Å². The van der Waals surface area contributed by atoms with E-state index in [0.29, 0.717) is 13.1 Å². The summed E-state index contributed by atoms with van der Waals surface area (Å²) in [4.78, 5) is 48.1. The molecule has 7 nitrogen and oxygen atoms in total. The Kier molecular flexibility index (Phi) is 6.43. The highest BCUT2D eigenvalue weighted by molar-refractivity contribution is 8.02. The first-order chi connectivity index (χ1) is 18.8. The molecule has 3 amide bonds. The van der Waals surface area contributed by atoms with Gasteiger partial charge in [0.15, 0.2) is 0 Å². The average Bonchev–Trinajstić information content (AvgIpc) is 3.26.